The highest BCUT2D eigenvalue weighted by molar-refractivity contribution is 9.10. The van der Waals surface area contributed by atoms with Crippen molar-refractivity contribution < 1.29 is 19.1 Å². The summed E-state index contributed by atoms with van der Waals surface area (Å²) < 4.78 is 17.7. The first-order valence-electron chi connectivity index (χ1n) is 12.2. The van der Waals surface area contributed by atoms with Gasteiger partial charge >= 0.3 is 5.97 Å². The molecule has 1 saturated heterocycles. The second-order valence-electron chi connectivity index (χ2n) is 10.5. The largest absolute Gasteiger partial charge is 0.479 e. The molecule has 0 unspecified atom stereocenters. The molecule has 3 atom stereocenters. The number of carbonyl (C=O) groups excluding carboxylic acids is 1. The van der Waals surface area contributed by atoms with Crippen molar-refractivity contribution >= 4 is 39.1 Å². The fourth-order valence-electron chi connectivity index (χ4n) is 5.25. The van der Waals surface area contributed by atoms with Crippen LogP contribution in [0.4, 0.5) is 4.39 Å². The quantitative estimate of drug-likeness (QED) is 0.317. The summed E-state index contributed by atoms with van der Waals surface area (Å²) in [4.78, 5) is 42.0. The fourth-order valence-corrected chi connectivity index (χ4v) is 6.98. The summed E-state index contributed by atoms with van der Waals surface area (Å²) in [5.74, 6) is -3.28. The Hall–Kier alpha value is -3.51. The van der Waals surface area contributed by atoms with Gasteiger partial charge in [0.2, 0.25) is 0 Å². The molecule has 1 amide bonds. The summed E-state index contributed by atoms with van der Waals surface area (Å²) in [5.41, 5.74) is -1.21. The molecule has 0 bridgehead atoms. The van der Waals surface area contributed by atoms with E-state index >= 15 is 4.39 Å². The average molecular weight is 614 g/mol. The first kappa shape index (κ1) is 27.1. The van der Waals surface area contributed by atoms with E-state index in [-0.39, 0.29) is 23.9 Å². The van der Waals surface area contributed by atoms with E-state index < -0.39 is 35.2 Å². The Morgan fingerprint density at radius 1 is 1.21 bits per heavy atom. The number of carboxylic acid groups (broad SMARTS) is 1. The molecule has 39 heavy (non-hydrogen) atoms. The Balaban J connectivity index is 1.73. The molecule has 1 aromatic carbocycles. The van der Waals surface area contributed by atoms with Crippen LogP contribution in [0.1, 0.15) is 65.8 Å². The average Bonchev–Trinajstić information content (AvgIpc) is 3.65. The van der Waals surface area contributed by atoms with E-state index in [1.807, 2.05) is 20.8 Å². The number of halogens is 2. The molecular formula is C27H26BrFN6O3S. The van der Waals surface area contributed by atoms with Crippen LogP contribution in [0.3, 0.4) is 0 Å². The highest BCUT2D eigenvalue weighted by Crippen LogP contribution is 2.53. The van der Waals surface area contributed by atoms with E-state index in [9.17, 15) is 14.7 Å². The predicted octanol–water partition coefficient (Wildman–Crippen LogP) is 5.22. The standard InChI is InChI=1S/C27H26BrFN6O3S/c1-26(2,3)18-12-20(29)16(11-19(18)28)24(36)35-22(23-32-8-10-39-23)17(21-14-30-6-7-31-21)13-27(35,25(37)38)15-34-9-4-5-33-34/h4-12,14,17,22H,13,15H2,1-3H3,(H,37,38)/t17-,22-,27-/m1/s1. The van der Waals surface area contributed by atoms with Crippen molar-refractivity contribution in [1.82, 2.24) is 29.6 Å². The minimum Gasteiger partial charge on any atom is -0.479 e. The van der Waals surface area contributed by atoms with Crippen LogP contribution in [0.2, 0.25) is 0 Å². The van der Waals surface area contributed by atoms with Crippen molar-refractivity contribution in [2.45, 2.75) is 56.7 Å². The normalized spacial score (nSPS) is 21.3. The van der Waals surface area contributed by atoms with Crippen LogP contribution < -0.4 is 0 Å². The lowest BCUT2D eigenvalue weighted by molar-refractivity contribution is -0.150. The molecule has 0 saturated carbocycles. The zero-order valence-corrected chi connectivity index (χ0v) is 23.9. The van der Waals surface area contributed by atoms with Crippen molar-refractivity contribution in [3.8, 4) is 0 Å². The predicted molar refractivity (Wildman–Crippen MR) is 146 cm³/mol. The van der Waals surface area contributed by atoms with E-state index in [1.165, 1.54) is 51.6 Å². The Morgan fingerprint density at radius 3 is 2.59 bits per heavy atom. The minimum absolute atomic E-state index is 0.000261. The highest BCUT2D eigenvalue weighted by atomic mass is 79.9. The summed E-state index contributed by atoms with van der Waals surface area (Å²) >= 11 is 4.80. The number of hydrogen-bond donors (Lipinski definition) is 1. The first-order chi connectivity index (χ1) is 18.5. The lowest BCUT2D eigenvalue weighted by atomic mass is 9.86. The third-order valence-electron chi connectivity index (χ3n) is 7.04. The molecule has 0 radical (unpaired) electrons. The number of carboxylic acids is 1. The Labute approximate surface area is 236 Å². The molecule has 1 N–H and O–H groups in total. The summed E-state index contributed by atoms with van der Waals surface area (Å²) in [5, 5.41) is 17.3. The highest BCUT2D eigenvalue weighted by Gasteiger charge is 2.61. The van der Waals surface area contributed by atoms with Crippen molar-refractivity contribution in [2.24, 2.45) is 0 Å². The molecule has 9 nitrogen and oxygen atoms in total. The number of rotatable bonds is 6. The molecule has 12 heteroatoms. The second-order valence-corrected chi connectivity index (χ2v) is 12.3. The van der Waals surface area contributed by atoms with Crippen LogP contribution >= 0.6 is 27.3 Å². The molecule has 3 aromatic heterocycles. The Morgan fingerprint density at radius 2 is 2.00 bits per heavy atom. The number of aliphatic carboxylic acids is 1. The van der Waals surface area contributed by atoms with Crippen LogP contribution in [-0.4, -0.2) is 52.2 Å². The van der Waals surface area contributed by atoms with Gasteiger partial charge in [-0.25, -0.2) is 14.2 Å². The molecule has 202 valence electrons. The summed E-state index contributed by atoms with van der Waals surface area (Å²) in [6.45, 7) is 5.68. The van der Waals surface area contributed by atoms with E-state index in [1.54, 1.807) is 30.0 Å². The monoisotopic (exact) mass is 612 g/mol. The molecule has 4 aromatic rings. The van der Waals surface area contributed by atoms with Crippen molar-refractivity contribution in [3.05, 3.63) is 92.9 Å². The molecule has 1 aliphatic rings. The maximum atomic E-state index is 15.7. The van der Waals surface area contributed by atoms with Gasteiger partial charge in [0, 0.05) is 53.0 Å². The van der Waals surface area contributed by atoms with Gasteiger partial charge in [0.25, 0.3) is 5.91 Å². The van der Waals surface area contributed by atoms with E-state index in [4.69, 9.17) is 0 Å². The lowest BCUT2D eigenvalue weighted by Crippen LogP contribution is -2.56. The van der Waals surface area contributed by atoms with E-state index in [2.05, 4.69) is 36.0 Å². The molecule has 5 rings (SSSR count). The van der Waals surface area contributed by atoms with Gasteiger partial charge in [-0.05, 0) is 35.6 Å². The summed E-state index contributed by atoms with van der Waals surface area (Å²) in [6, 6.07) is 3.62. The van der Waals surface area contributed by atoms with Crippen molar-refractivity contribution in [1.29, 1.82) is 0 Å². The van der Waals surface area contributed by atoms with Crippen LogP contribution in [-0.2, 0) is 16.8 Å². The maximum Gasteiger partial charge on any atom is 0.331 e. The number of benzene rings is 1. The number of likely N-dealkylation sites (tertiary alicyclic amines) is 1. The van der Waals surface area contributed by atoms with Gasteiger partial charge in [-0.1, -0.05) is 36.7 Å². The molecule has 0 aliphatic carbocycles. The van der Waals surface area contributed by atoms with Gasteiger partial charge in [0.05, 0.1) is 23.8 Å². The van der Waals surface area contributed by atoms with Gasteiger partial charge in [-0.2, -0.15) is 5.10 Å². The molecule has 4 heterocycles. The topological polar surface area (TPSA) is 114 Å². The number of thiazole rings is 1. The van der Waals surface area contributed by atoms with Crippen LogP contribution in [0, 0.1) is 5.82 Å². The second kappa shape index (κ2) is 10.2. The van der Waals surface area contributed by atoms with Gasteiger partial charge in [0.1, 0.15) is 10.8 Å². The summed E-state index contributed by atoms with van der Waals surface area (Å²) in [6.07, 6.45) is 9.39. The molecule has 0 spiro atoms. The zero-order valence-electron chi connectivity index (χ0n) is 21.5. The van der Waals surface area contributed by atoms with E-state index in [0.29, 0.717) is 20.7 Å². The third-order valence-corrected chi connectivity index (χ3v) is 8.54. The molecular weight excluding hydrogens is 587 g/mol. The molecule has 1 fully saturated rings. The fraction of sp³-hybridized carbons (Fsp3) is 0.333. The Bertz CT molecular complexity index is 1490. The van der Waals surface area contributed by atoms with Crippen LogP contribution in [0.5, 0.6) is 0 Å². The van der Waals surface area contributed by atoms with Gasteiger partial charge in [-0.15, -0.1) is 11.3 Å². The van der Waals surface area contributed by atoms with Crippen LogP contribution in [0.25, 0.3) is 0 Å². The van der Waals surface area contributed by atoms with Gasteiger partial charge in [0.15, 0.2) is 5.54 Å². The maximum absolute atomic E-state index is 15.7. The Kier molecular flexibility index (Phi) is 7.10. The number of hydrogen-bond acceptors (Lipinski definition) is 7. The van der Waals surface area contributed by atoms with Gasteiger partial charge < -0.3 is 10.0 Å². The summed E-state index contributed by atoms with van der Waals surface area (Å²) in [7, 11) is 0. The molecule has 1 aliphatic heterocycles. The number of aromatic nitrogens is 5. The zero-order chi connectivity index (χ0) is 27.9. The van der Waals surface area contributed by atoms with Crippen molar-refractivity contribution in [2.75, 3.05) is 0 Å². The first-order valence-corrected chi connectivity index (χ1v) is 13.9. The van der Waals surface area contributed by atoms with E-state index in [0.717, 1.165) is 0 Å². The van der Waals surface area contributed by atoms with Crippen LogP contribution in [0.15, 0.2) is 65.2 Å². The number of carbonyl (C=O) groups is 2. The van der Waals surface area contributed by atoms with Gasteiger partial charge in [-0.3, -0.25) is 19.4 Å². The smallest absolute Gasteiger partial charge is 0.331 e. The minimum atomic E-state index is -1.79. The lowest BCUT2D eigenvalue weighted by Gasteiger charge is -2.37. The number of nitrogens with zero attached hydrogens (tertiary/aromatic N) is 6. The van der Waals surface area contributed by atoms with Crippen molar-refractivity contribution in [3.63, 3.8) is 0 Å². The SMILES string of the molecule is CC(C)(C)c1cc(F)c(C(=O)N2[C@@H](c3nccs3)[C@@H](c3cnccn3)C[C@@]2(Cn2cccn2)C(=O)O)cc1Br. The number of amides is 1. The third kappa shape index (κ3) is 4.87.